The smallest absolute Gasteiger partial charge is 0.309 e. The fourth-order valence-corrected chi connectivity index (χ4v) is 2.06. The monoisotopic (exact) mass is 254 g/mol. The number of carbonyl (C=O) groups excluding carboxylic acids is 2. The molecule has 5 nitrogen and oxygen atoms in total. The van der Waals surface area contributed by atoms with E-state index in [1.165, 1.54) is 25.1 Å². The quantitative estimate of drug-likeness (QED) is 0.628. The van der Waals surface area contributed by atoms with Crippen LogP contribution in [0.3, 0.4) is 0 Å². The number of rotatable bonds is 5. The number of hydrogen-bond donors (Lipinski definition) is 1. The zero-order valence-corrected chi connectivity index (χ0v) is 10.5. The zero-order chi connectivity index (χ0) is 12.8. The molecule has 0 aliphatic carbocycles. The van der Waals surface area contributed by atoms with E-state index < -0.39 is 5.91 Å². The third kappa shape index (κ3) is 4.07. The second-order valence-electron chi connectivity index (χ2n) is 3.48. The molecule has 0 saturated carbocycles. The van der Waals surface area contributed by atoms with Gasteiger partial charge in [-0.3, -0.25) is 14.6 Å². The van der Waals surface area contributed by atoms with E-state index >= 15 is 0 Å². The van der Waals surface area contributed by atoms with Crippen molar-refractivity contribution < 1.29 is 14.3 Å². The SMILES string of the molecule is COC(=O)C(C)CSc1ccnc(C(N)=O)c1. The Labute approximate surface area is 104 Å². The van der Waals surface area contributed by atoms with Gasteiger partial charge in [0.05, 0.1) is 13.0 Å². The van der Waals surface area contributed by atoms with Crippen LogP contribution in [0.25, 0.3) is 0 Å². The molecular weight excluding hydrogens is 240 g/mol. The van der Waals surface area contributed by atoms with Gasteiger partial charge in [0.1, 0.15) is 5.69 Å². The van der Waals surface area contributed by atoms with Crippen molar-refractivity contribution in [2.75, 3.05) is 12.9 Å². The first-order valence-electron chi connectivity index (χ1n) is 5.01. The zero-order valence-electron chi connectivity index (χ0n) is 9.67. The Morgan fingerprint density at radius 3 is 2.88 bits per heavy atom. The van der Waals surface area contributed by atoms with E-state index in [-0.39, 0.29) is 17.6 Å². The van der Waals surface area contributed by atoms with Crippen molar-refractivity contribution in [3.05, 3.63) is 24.0 Å². The summed E-state index contributed by atoms with van der Waals surface area (Å²) in [5.74, 6) is -0.431. The van der Waals surface area contributed by atoms with E-state index in [1.54, 1.807) is 19.1 Å². The Morgan fingerprint density at radius 1 is 1.59 bits per heavy atom. The first-order chi connectivity index (χ1) is 8.04. The molecule has 1 unspecified atom stereocenters. The number of hydrogen-bond acceptors (Lipinski definition) is 5. The van der Waals surface area contributed by atoms with Crippen molar-refractivity contribution in [3.8, 4) is 0 Å². The molecule has 1 aromatic rings. The van der Waals surface area contributed by atoms with Crippen LogP contribution >= 0.6 is 11.8 Å². The van der Waals surface area contributed by atoms with E-state index in [0.29, 0.717) is 5.75 Å². The number of ether oxygens (including phenoxy) is 1. The lowest BCUT2D eigenvalue weighted by molar-refractivity contribution is -0.143. The summed E-state index contributed by atoms with van der Waals surface area (Å²) in [6.45, 7) is 1.79. The van der Waals surface area contributed by atoms with Crippen LogP contribution in [0.15, 0.2) is 23.2 Å². The van der Waals surface area contributed by atoms with Gasteiger partial charge in [0.25, 0.3) is 5.91 Å². The molecule has 0 bridgehead atoms. The lowest BCUT2D eigenvalue weighted by atomic mass is 10.2. The normalized spacial score (nSPS) is 11.9. The fraction of sp³-hybridized carbons (Fsp3) is 0.364. The number of methoxy groups -OCH3 is 1. The summed E-state index contributed by atoms with van der Waals surface area (Å²) >= 11 is 1.46. The average Bonchev–Trinajstić information content (AvgIpc) is 2.35. The number of carbonyl (C=O) groups is 2. The van der Waals surface area contributed by atoms with Gasteiger partial charge in [-0.1, -0.05) is 6.92 Å². The largest absolute Gasteiger partial charge is 0.469 e. The van der Waals surface area contributed by atoms with Crippen molar-refractivity contribution in [2.45, 2.75) is 11.8 Å². The number of esters is 1. The number of pyridine rings is 1. The Bertz CT molecular complexity index is 423. The van der Waals surface area contributed by atoms with Crippen LogP contribution in [0.1, 0.15) is 17.4 Å². The lowest BCUT2D eigenvalue weighted by Crippen LogP contribution is -2.15. The Balaban J connectivity index is 2.60. The fourth-order valence-electron chi connectivity index (χ4n) is 1.13. The molecule has 0 radical (unpaired) electrons. The predicted molar refractivity (Wildman–Crippen MR) is 64.7 cm³/mol. The molecule has 0 aliphatic heterocycles. The number of nitrogens with zero attached hydrogens (tertiary/aromatic N) is 1. The van der Waals surface area contributed by atoms with Crippen LogP contribution in [0.4, 0.5) is 0 Å². The molecule has 17 heavy (non-hydrogen) atoms. The minimum absolute atomic E-state index is 0.199. The van der Waals surface area contributed by atoms with Gasteiger partial charge in [-0.2, -0.15) is 0 Å². The van der Waals surface area contributed by atoms with Crippen LogP contribution in [0, 0.1) is 5.92 Å². The van der Waals surface area contributed by atoms with Crippen LogP contribution in [0.5, 0.6) is 0 Å². The van der Waals surface area contributed by atoms with Gasteiger partial charge >= 0.3 is 5.97 Å². The molecular formula is C11H14N2O3S. The molecule has 2 N–H and O–H groups in total. The van der Waals surface area contributed by atoms with Crippen LogP contribution in [-0.2, 0) is 9.53 Å². The lowest BCUT2D eigenvalue weighted by Gasteiger charge is -2.08. The Kier molecular flexibility index (Phi) is 4.96. The summed E-state index contributed by atoms with van der Waals surface area (Å²) < 4.78 is 4.62. The maximum Gasteiger partial charge on any atom is 0.309 e. The number of aromatic nitrogens is 1. The molecule has 1 heterocycles. The molecule has 0 aromatic carbocycles. The summed E-state index contributed by atoms with van der Waals surface area (Å²) in [4.78, 5) is 26.8. The molecule has 0 spiro atoms. The highest BCUT2D eigenvalue weighted by Crippen LogP contribution is 2.21. The number of primary amides is 1. The highest BCUT2D eigenvalue weighted by Gasteiger charge is 2.13. The van der Waals surface area contributed by atoms with E-state index in [9.17, 15) is 9.59 Å². The summed E-state index contributed by atoms with van der Waals surface area (Å²) in [6, 6.07) is 3.37. The highest BCUT2D eigenvalue weighted by atomic mass is 32.2. The summed E-state index contributed by atoms with van der Waals surface area (Å²) in [5, 5.41) is 0. The summed E-state index contributed by atoms with van der Waals surface area (Å²) in [5.41, 5.74) is 5.35. The standard InChI is InChI=1S/C11H14N2O3S/c1-7(11(15)16-2)6-17-8-3-4-13-9(5-8)10(12)14/h3-5,7H,6H2,1-2H3,(H2,12,14). The number of thioether (sulfide) groups is 1. The van der Waals surface area contributed by atoms with Crippen molar-refractivity contribution in [3.63, 3.8) is 0 Å². The van der Waals surface area contributed by atoms with Crippen LogP contribution in [-0.4, -0.2) is 29.7 Å². The van der Waals surface area contributed by atoms with E-state index in [2.05, 4.69) is 9.72 Å². The van der Waals surface area contributed by atoms with Gasteiger partial charge in [0.15, 0.2) is 0 Å². The predicted octanol–water partition coefficient (Wildman–Crippen LogP) is 1.08. The topological polar surface area (TPSA) is 82.3 Å². The molecule has 1 aromatic heterocycles. The minimum Gasteiger partial charge on any atom is -0.469 e. The number of amides is 1. The third-order valence-electron chi connectivity index (χ3n) is 2.09. The first kappa shape index (κ1) is 13.5. The molecule has 1 rings (SSSR count). The molecule has 1 amide bonds. The molecule has 0 saturated heterocycles. The molecule has 0 aliphatic rings. The Morgan fingerprint density at radius 2 is 2.29 bits per heavy atom. The van der Waals surface area contributed by atoms with E-state index in [0.717, 1.165) is 4.90 Å². The molecule has 0 fully saturated rings. The molecule has 92 valence electrons. The summed E-state index contributed by atoms with van der Waals surface area (Å²) in [6.07, 6.45) is 1.52. The second-order valence-corrected chi connectivity index (χ2v) is 4.57. The second kappa shape index (κ2) is 6.24. The van der Waals surface area contributed by atoms with Crippen LogP contribution in [0.2, 0.25) is 0 Å². The van der Waals surface area contributed by atoms with Crippen molar-refractivity contribution in [1.29, 1.82) is 0 Å². The maximum atomic E-state index is 11.2. The maximum absolute atomic E-state index is 11.2. The van der Waals surface area contributed by atoms with Crippen molar-refractivity contribution in [2.24, 2.45) is 11.7 Å². The third-order valence-corrected chi connectivity index (χ3v) is 3.34. The van der Waals surface area contributed by atoms with Gasteiger partial charge in [0.2, 0.25) is 0 Å². The molecule has 6 heteroatoms. The van der Waals surface area contributed by atoms with E-state index in [4.69, 9.17) is 5.73 Å². The molecule has 1 atom stereocenters. The number of nitrogens with two attached hydrogens (primary N) is 1. The van der Waals surface area contributed by atoms with Crippen LogP contribution < -0.4 is 5.73 Å². The van der Waals surface area contributed by atoms with Crippen molar-refractivity contribution in [1.82, 2.24) is 4.98 Å². The first-order valence-corrected chi connectivity index (χ1v) is 5.99. The highest BCUT2D eigenvalue weighted by molar-refractivity contribution is 7.99. The van der Waals surface area contributed by atoms with Crippen molar-refractivity contribution >= 4 is 23.6 Å². The Hall–Kier alpha value is -1.56. The minimum atomic E-state index is -0.562. The summed E-state index contributed by atoms with van der Waals surface area (Å²) in [7, 11) is 1.36. The van der Waals surface area contributed by atoms with Gasteiger partial charge < -0.3 is 10.5 Å². The van der Waals surface area contributed by atoms with E-state index in [1.807, 2.05) is 0 Å². The van der Waals surface area contributed by atoms with Gasteiger partial charge in [0, 0.05) is 16.8 Å². The van der Waals surface area contributed by atoms with Gasteiger partial charge in [-0.15, -0.1) is 11.8 Å². The average molecular weight is 254 g/mol. The van der Waals surface area contributed by atoms with Gasteiger partial charge in [-0.05, 0) is 12.1 Å². The van der Waals surface area contributed by atoms with Gasteiger partial charge in [-0.25, -0.2) is 0 Å².